The molecule has 0 unspecified atom stereocenters. The van der Waals surface area contributed by atoms with Crippen LogP contribution in [0.25, 0.3) is 0 Å². The minimum Gasteiger partial charge on any atom is -0.457 e. The first kappa shape index (κ1) is 24.4. The summed E-state index contributed by atoms with van der Waals surface area (Å²) in [6.07, 6.45) is 0. The highest BCUT2D eigenvalue weighted by Gasteiger charge is 2.12. The van der Waals surface area contributed by atoms with Crippen molar-refractivity contribution in [3.8, 4) is 35.1 Å². The van der Waals surface area contributed by atoms with Crippen LogP contribution >= 0.6 is 23.2 Å². The van der Waals surface area contributed by atoms with E-state index in [0.29, 0.717) is 55.5 Å². The Bertz CT molecular complexity index is 1380. The first-order valence-corrected chi connectivity index (χ1v) is 11.2. The number of rotatable bonds is 6. The van der Waals surface area contributed by atoms with E-state index in [2.05, 4.69) is 10.6 Å². The smallest absolute Gasteiger partial charge is 0.323 e. The van der Waals surface area contributed by atoms with E-state index in [1.54, 1.807) is 84.9 Å². The molecule has 0 saturated heterocycles. The number of carbonyl (C=O) groups excluding carboxylic acids is 1. The molecule has 7 nitrogen and oxygen atoms in total. The zero-order valence-electron chi connectivity index (χ0n) is 18.5. The molecule has 0 spiro atoms. The second-order valence-corrected chi connectivity index (χ2v) is 8.15. The van der Waals surface area contributed by atoms with Gasteiger partial charge in [0.05, 0.1) is 44.7 Å². The number of hydrogen-bond acceptors (Lipinski definition) is 5. The van der Waals surface area contributed by atoms with Crippen LogP contribution in [-0.4, -0.2) is 6.03 Å². The van der Waals surface area contributed by atoms with Gasteiger partial charge in [0, 0.05) is 12.1 Å². The van der Waals surface area contributed by atoms with E-state index in [1.807, 2.05) is 12.1 Å². The standard InChI is InChI=1S/C27H16Cl2N4O3/c28-23-11-9-21(35-19-5-1-17(15-30)2-6-19)13-25(23)32-27(34)33-26-14-22(10-12-24(26)29)36-20-7-3-18(16-31)4-8-20/h1-14H,(H2,32,33,34). The number of urea groups is 1. The Hall–Kier alpha value is -4.69. The van der Waals surface area contributed by atoms with Gasteiger partial charge in [-0.1, -0.05) is 23.2 Å². The van der Waals surface area contributed by atoms with Gasteiger partial charge in [-0.15, -0.1) is 0 Å². The van der Waals surface area contributed by atoms with Crippen LogP contribution in [0.15, 0.2) is 84.9 Å². The number of amides is 2. The Morgan fingerprint density at radius 1 is 0.611 bits per heavy atom. The van der Waals surface area contributed by atoms with Gasteiger partial charge in [0.25, 0.3) is 0 Å². The molecule has 9 heteroatoms. The van der Waals surface area contributed by atoms with Gasteiger partial charge >= 0.3 is 6.03 Å². The highest BCUT2D eigenvalue weighted by Crippen LogP contribution is 2.32. The first-order valence-electron chi connectivity index (χ1n) is 10.5. The lowest BCUT2D eigenvalue weighted by Gasteiger charge is -2.13. The fraction of sp³-hybridized carbons (Fsp3) is 0. The van der Waals surface area contributed by atoms with E-state index >= 15 is 0 Å². The van der Waals surface area contributed by atoms with Crippen molar-refractivity contribution < 1.29 is 14.3 Å². The van der Waals surface area contributed by atoms with Crippen LogP contribution < -0.4 is 20.1 Å². The van der Waals surface area contributed by atoms with Gasteiger partial charge in [-0.25, -0.2) is 4.79 Å². The van der Waals surface area contributed by atoms with E-state index in [-0.39, 0.29) is 0 Å². The van der Waals surface area contributed by atoms with Crippen LogP contribution in [0, 0.1) is 22.7 Å². The van der Waals surface area contributed by atoms with Crippen molar-refractivity contribution in [2.24, 2.45) is 0 Å². The molecule has 176 valence electrons. The van der Waals surface area contributed by atoms with E-state index in [1.165, 1.54) is 0 Å². The third kappa shape index (κ3) is 6.25. The van der Waals surface area contributed by atoms with Crippen molar-refractivity contribution >= 4 is 40.6 Å². The molecule has 36 heavy (non-hydrogen) atoms. The fourth-order valence-electron chi connectivity index (χ4n) is 3.07. The van der Waals surface area contributed by atoms with Gasteiger partial charge in [-0.05, 0) is 72.8 Å². The van der Waals surface area contributed by atoms with Crippen LogP contribution in [0.2, 0.25) is 10.0 Å². The Labute approximate surface area is 217 Å². The number of anilines is 2. The average molecular weight is 515 g/mol. The molecule has 0 atom stereocenters. The summed E-state index contributed by atoms with van der Waals surface area (Å²) in [5, 5.41) is 23.8. The molecule has 0 aliphatic rings. The Morgan fingerprint density at radius 3 is 1.33 bits per heavy atom. The molecule has 0 heterocycles. The van der Waals surface area contributed by atoms with E-state index in [0.717, 1.165) is 0 Å². The number of halogens is 2. The normalized spacial score (nSPS) is 10.0. The lowest BCUT2D eigenvalue weighted by Crippen LogP contribution is -2.19. The molecule has 4 aromatic carbocycles. The maximum absolute atomic E-state index is 12.7. The van der Waals surface area contributed by atoms with Crippen molar-refractivity contribution in [3.63, 3.8) is 0 Å². The van der Waals surface area contributed by atoms with Crippen molar-refractivity contribution in [1.29, 1.82) is 10.5 Å². The second kappa shape index (κ2) is 11.2. The molecule has 2 N–H and O–H groups in total. The third-order valence-corrected chi connectivity index (χ3v) is 5.47. The summed E-state index contributed by atoms with van der Waals surface area (Å²) in [7, 11) is 0. The van der Waals surface area contributed by atoms with E-state index in [4.69, 9.17) is 43.2 Å². The van der Waals surface area contributed by atoms with Crippen molar-refractivity contribution in [2.75, 3.05) is 10.6 Å². The van der Waals surface area contributed by atoms with Gasteiger partial charge < -0.3 is 20.1 Å². The molecular formula is C27H16Cl2N4O3. The summed E-state index contributed by atoms with van der Waals surface area (Å²) in [4.78, 5) is 12.7. The molecule has 2 amide bonds. The minimum atomic E-state index is -0.579. The summed E-state index contributed by atoms with van der Waals surface area (Å²) >= 11 is 12.5. The number of hydrogen-bond donors (Lipinski definition) is 2. The lowest BCUT2D eigenvalue weighted by molar-refractivity contribution is 0.262. The number of nitrogens with zero attached hydrogens (tertiary/aromatic N) is 2. The zero-order chi connectivity index (χ0) is 25.5. The fourth-order valence-corrected chi connectivity index (χ4v) is 3.40. The molecule has 0 fully saturated rings. The molecule has 0 aliphatic heterocycles. The van der Waals surface area contributed by atoms with Crippen molar-refractivity contribution in [2.45, 2.75) is 0 Å². The van der Waals surface area contributed by atoms with Gasteiger partial charge in [0.2, 0.25) is 0 Å². The predicted octanol–water partition coefficient (Wildman–Crippen LogP) is 7.97. The number of ether oxygens (including phenoxy) is 2. The molecule has 4 rings (SSSR count). The van der Waals surface area contributed by atoms with Crippen LogP contribution in [0.4, 0.5) is 16.2 Å². The van der Waals surface area contributed by atoms with Crippen molar-refractivity contribution in [1.82, 2.24) is 0 Å². The number of nitrogens with one attached hydrogen (secondary N) is 2. The monoisotopic (exact) mass is 514 g/mol. The Morgan fingerprint density at radius 2 is 0.972 bits per heavy atom. The van der Waals surface area contributed by atoms with E-state index in [9.17, 15) is 4.79 Å². The quantitative estimate of drug-likeness (QED) is 0.271. The summed E-state index contributed by atoms with van der Waals surface area (Å²) in [6.45, 7) is 0. The molecule has 0 radical (unpaired) electrons. The molecule has 0 saturated carbocycles. The summed E-state index contributed by atoms with van der Waals surface area (Å²) < 4.78 is 11.6. The van der Waals surface area contributed by atoms with Gasteiger partial charge in [0.1, 0.15) is 23.0 Å². The van der Waals surface area contributed by atoms with Gasteiger partial charge in [-0.2, -0.15) is 10.5 Å². The van der Waals surface area contributed by atoms with Crippen LogP contribution in [0.3, 0.4) is 0 Å². The zero-order valence-corrected chi connectivity index (χ0v) is 20.0. The molecule has 0 aromatic heterocycles. The molecule has 0 bridgehead atoms. The van der Waals surface area contributed by atoms with Crippen LogP contribution in [0.5, 0.6) is 23.0 Å². The predicted molar refractivity (Wildman–Crippen MR) is 138 cm³/mol. The molecular weight excluding hydrogens is 499 g/mol. The van der Waals surface area contributed by atoms with Gasteiger partial charge in [-0.3, -0.25) is 0 Å². The second-order valence-electron chi connectivity index (χ2n) is 7.34. The number of benzene rings is 4. The Kier molecular flexibility index (Phi) is 7.57. The number of carbonyl (C=O) groups is 1. The topological polar surface area (TPSA) is 107 Å². The molecule has 0 aliphatic carbocycles. The first-order chi connectivity index (χ1) is 17.4. The largest absolute Gasteiger partial charge is 0.457 e. The van der Waals surface area contributed by atoms with E-state index < -0.39 is 6.03 Å². The summed E-state index contributed by atoms with van der Waals surface area (Å²) in [5.41, 5.74) is 1.67. The lowest BCUT2D eigenvalue weighted by atomic mass is 10.2. The van der Waals surface area contributed by atoms with Crippen LogP contribution in [-0.2, 0) is 0 Å². The highest BCUT2D eigenvalue weighted by atomic mass is 35.5. The summed E-state index contributed by atoms with van der Waals surface area (Å²) in [6, 6.07) is 26.4. The maximum atomic E-state index is 12.7. The average Bonchev–Trinajstić information content (AvgIpc) is 2.89. The highest BCUT2D eigenvalue weighted by molar-refractivity contribution is 6.34. The van der Waals surface area contributed by atoms with Crippen molar-refractivity contribution in [3.05, 3.63) is 106 Å². The maximum Gasteiger partial charge on any atom is 0.323 e. The molecule has 4 aromatic rings. The van der Waals surface area contributed by atoms with Gasteiger partial charge in [0.15, 0.2) is 0 Å². The van der Waals surface area contributed by atoms with Crippen LogP contribution in [0.1, 0.15) is 11.1 Å². The third-order valence-electron chi connectivity index (χ3n) is 4.81. The summed E-state index contributed by atoms with van der Waals surface area (Å²) in [5.74, 6) is 1.93. The SMILES string of the molecule is N#Cc1ccc(Oc2ccc(Cl)c(NC(=O)Nc3cc(Oc4ccc(C#N)cc4)ccc3Cl)c2)cc1. The number of nitriles is 2. The minimum absolute atomic E-state index is 0.307. The Balaban J connectivity index is 1.44.